The van der Waals surface area contributed by atoms with Crippen LogP contribution in [0.2, 0.25) is 5.28 Å². The minimum Gasteiger partial charge on any atom is -0.399 e. The maximum Gasteiger partial charge on any atom is 0.416 e. The van der Waals surface area contributed by atoms with E-state index >= 15 is 0 Å². The second kappa shape index (κ2) is 9.48. The average Bonchev–Trinajstić information content (AvgIpc) is 2.78. The van der Waals surface area contributed by atoms with Crippen LogP contribution >= 0.6 is 11.6 Å². The van der Waals surface area contributed by atoms with Gasteiger partial charge < -0.3 is 15.8 Å². The normalized spacial score (nSPS) is 19.0. The third-order valence-corrected chi connectivity index (χ3v) is 8.62. The van der Waals surface area contributed by atoms with E-state index in [9.17, 15) is 21.6 Å². The van der Waals surface area contributed by atoms with E-state index in [1.807, 2.05) is 0 Å². The van der Waals surface area contributed by atoms with E-state index in [0.717, 1.165) is 12.1 Å². The van der Waals surface area contributed by atoms with Crippen molar-refractivity contribution < 1.29 is 26.3 Å². The molecule has 8 nitrogen and oxygen atoms in total. The quantitative estimate of drug-likeness (QED) is 0.457. The summed E-state index contributed by atoms with van der Waals surface area (Å²) < 4.78 is 72.8. The highest BCUT2D eigenvalue weighted by atomic mass is 35.5. The van der Waals surface area contributed by atoms with Crippen LogP contribution in [0.15, 0.2) is 18.2 Å². The monoisotopic (exact) mass is 519 g/mol. The number of halogens is 4. The van der Waals surface area contributed by atoms with Crippen LogP contribution in [0.1, 0.15) is 48.2 Å². The fraction of sp³-hybridized carbons (Fsp3) is 0.524. The van der Waals surface area contributed by atoms with E-state index in [0.29, 0.717) is 49.3 Å². The van der Waals surface area contributed by atoms with Gasteiger partial charge in [0.1, 0.15) is 5.82 Å². The summed E-state index contributed by atoms with van der Waals surface area (Å²) in [7, 11) is -3.57. The first-order chi connectivity index (χ1) is 15.9. The molecule has 1 fully saturated rings. The SMILES string of the molecule is C[C@@H](Nc1nc(Cl)nc2c1CN(S(=O)(=O)C1CCOCC1)CC2)c1cc(N)cc(C(F)(F)F)c1. The zero-order valence-electron chi connectivity index (χ0n) is 18.4. The van der Waals surface area contributed by atoms with Gasteiger partial charge in [-0.3, -0.25) is 0 Å². The molecule has 1 atom stereocenters. The van der Waals surface area contributed by atoms with Gasteiger partial charge in [0.05, 0.1) is 22.5 Å². The molecular weight excluding hydrogens is 495 g/mol. The molecular formula is C21H25ClF3N5O3S. The molecule has 34 heavy (non-hydrogen) atoms. The summed E-state index contributed by atoms with van der Waals surface area (Å²) >= 11 is 6.09. The Morgan fingerprint density at radius 3 is 2.62 bits per heavy atom. The summed E-state index contributed by atoms with van der Waals surface area (Å²) in [5.74, 6) is 0.283. The fourth-order valence-corrected chi connectivity index (χ4v) is 6.31. The summed E-state index contributed by atoms with van der Waals surface area (Å²) in [6.07, 6.45) is -3.33. The predicted octanol–water partition coefficient (Wildman–Crippen LogP) is 3.77. The number of rotatable bonds is 5. The van der Waals surface area contributed by atoms with Crippen LogP contribution in [0.25, 0.3) is 0 Å². The van der Waals surface area contributed by atoms with Crippen molar-refractivity contribution >= 4 is 33.1 Å². The van der Waals surface area contributed by atoms with Crippen LogP contribution in [-0.4, -0.2) is 47.7 Å². The number of hydrogen-bond donors (Lipinski definition) is 2. The third kappa shape index (κ3) is 5.24. The van der Waals surface area contributed by atoms with E-state index in [1.54, 1.807) is 6.92 Å². The number of hydrogen-bond acceptors (Lipinski definition) is 7. The zero-order valence-corrected chi connectivity index (χ0v) is 20.0. The van der Waals surface area contributed by atoms with Crippen molar-refractivity contribution in [2.75, 3.05) is 30.8 Å². The van der Waals surface area contributed by atoms with Crippen LogP contribution in [0.4, 0.5) is 24.7 Å². The van der Waals surface area contributed by atoms with Crippen molar-refractivity contribution in [3.05, 3.63) is 45.9 Å². The molecule has 13 heteroatoms. The van der Waals surface area contributed by atoms with Crippen molar-refractivity contribution in [1.82, 2.24) is 14.3 Å². The minimum absolute atomic E-state index is 0.0186. The van der Waals surface area contributed by atoms with Gasteiger partial charge in [0, 0.05) is 44.0 Å². The smallest absolute Gasteiger partial charge is 0.399 e. The van der Waals surface area contributed by atoms with Gasteiger partial charge in [-0.05, 0) is 55.1 Å². The van der Waals surface area contributed by atoms with Gasteiger partial charge in [0.2, 0.25) is 15.3 Å². The summed E-state index contributed by atoms with van der Waals surface area (Å²) in [4.78, 5) is 8.47. The molecule has 2 aliphatic heterocycles. The number of nitrogens with zero attached hydrogens (tertiary/aromatic N) is 3. The molecule has 0 saturated carbocycles. The lowest BCUT2D eigenvalue weighted by Crippen LogP contribution is -2.44. The van der Waals surface area contributed by atoms with E-state index < -0.39 is 33.1 Å². The van der Waals surface area contributed by atoms with Crippen molar-refractivity contribution in [3.8, 4) is 0 Å². The number of aromatic nitrogens is 2. The van der Waals surface area contributed by atoms with Crippen LogP contribution < -0.4 is 11.1 Å². The Morgan fingerprint density at radius 1 is 1.24 bits per heavy atom. The Morgan fingerprint density at radius 2 is 1.94 bits per heavy atom. The molecule has 1 aromatic carbocycles. The summed E-state index contributed by atoms with van der Waals surface area (Å²) in [6.45, 7) is 2.77. The van der Waals surface area contributed by atoms with Gasteiger partial charge in [-0.25, -0.2) is 18.4 Å². The van der Waals surface area contributed by atoms with E-state index in [1.165, 1.54) is 10.4 Å². The van der Waals surface area contributed by atoms with Gasteiger partial charge in [0.25, 0.3) is 0 Å². The molecule has 3 heterocycles. The maximum atomic E-state index is 13.2. The number of anilines is 2. The molecule has 1 saturated heterocycles. The summed E-state index contributed by atoms with van der Waals surface area (Å²) in [5, 5.41) is 2.54. The molecule has 2 aromatic rings. The van der Waals surface area contributed by atoms with Crippen molar-refractivity contribution in [2.24, 2.45) is 0 Å². The van der Waals surface area contributed by atoms with Gasteiger partial charge in [-0.1, -0.05) is 0 Å². The Hall–Kier alpha value is -2.15. The van der Waals surface area contributed by atoms with E-state index in [-0.39, 0.29) is 29.9 Å². The van der Waals surface area contributed by atoms with Crippen LogP contribution in [0.3, 0.4) is 0 Å². The van der Waals surface area contributed by atoms with Crippen molar-refractivity contribution in [2.45, 2.75) is 50.2 Å². The fourth-order valence-electron chi connectivity index (χ4n) is 4.26. The second-order valence-electron chi connectivity index (χ2n) is 8.46. The third-order valence-electron chi connectivity index (χ3n) is 6.11. The standard InChI is InChI=1S/C21H25ClF3N5O3S/c1-12(13-8-14(21(23,24)25)10-15(26)9-13)27-19-17-11-30(5-2-18(17)28-20(22)29-19)34(31,32)16-3-6-33-7-4-16/h8-10,12,16H,2-7,11,26H2,1H3,(H,27,28,29)/t12-/m1/s1. The van der Waals surface area contributed by atoms with Gasteiger partial charge in [-0.15, -0.1) is 0 Å². The number of nitrogens with two attached hydrogens (primary N) is 1. The molecule has 2 aliphatic rings. The number of sulfonamides is 1. The number of fused-ring (bicyclic) bond motifs is 1. The first-order valence-electron chi connectivity index (χ1n) is 10.8. The topological polar surface area (TPSA) is 110 Å². The second-order valence-corrected chi connectivity index (χ2v) is 11.0. The van der Waals surface area contributed by atoms with E-state index in [2.05, 4.69) is 15.3 Å². The number of nitrogen functional groups attached to an aromatic ring is 1. The molecule has 1 aromatic heterocycles. The average molecular weight is 520 g/mol. The molecule has 0 bridgehead atoms. The number of benzene rings is 1. The maximum absolute atomic E-state index is 13.2. The molecule has 4 rings (SSSR count). The Bertz CT molecular complexity index is 1170. The molecule has 0 radical (unpaired) electrons. The molecule has 0 aliphatic carbocycles. The zero-order chi connectivity index (χ0) is 24.7. The number of ether oxygens (including phenoxy) is 1. The summed E-state index contributed by atoms with van der Waals surface area (Å²) in [6, 6.07) is 2.72. The minimum atomic E-state index is -4.54. The number of alkyl halides is 3. The Labute approximate surface area is 200 Å². The number of nitrogens with one attached hydrogen (secondary N) is 1. The van der Waals surface area contributed by atoms with Crippen LogP contribution in [0, 0.1) is 0 Å². The Kier molecular flexibility index (Phi) is 6.96. The molecule has 186 valence electrons. The predicted molar refractivity (Wildman–Crippen MR) is 122 cm³/mol. The highest BCUT2D eigenvalue weighted by Gasteiger charge is 2.37. The highest BCUT2D eigenvalue weighted by Crippen LogP contribution is 2.35. The lowest BCUT2D eigenvalue weighted by molar-refractivity contribution is -0.137. The van der Waals surface area contributed by atoms with E-state index in [4.69, 9.17) is 22.1 Å². The van der Waals surface area contributed by atoms with Gasteiger partial charge in [-0.2, -0.15) is 17.5 Å². The molecule has 0 unspecified atom stereocenters. The molecule has 0 spiro atoms. The molecule has 0 amide bonds. The largest absolute Gasteiger partial charge is 0.416 e. The van der Waals surface area contributed by atoms with Crippen molar-refractivity contribution in [3.63, 3.8) is 0 Å². The first kappa shape index (κ1) is 25.0. The van der Waals surface area contributed by atoms with Crippen LogP contribution in [0.5, 0.6) is 0 Å². The highest BCUT2D eigenvalue weighted by molar-refractivity contribution is 7.89. The lowest BCUT2D eigenvalue weighted by Gasteiger charge is -2.33. The van der Waals surface area contributed by atoms with Gasteiger partial charge in [0.15, 0.2) is 0 Å². The van der Waals surface area contributed by atoms with Crippen molar-refractivity contribution in [1.29, 1.82) is 0 Å². The lowest BCUT2D eigenvalue weighted by atomic mass is 10.0. The summed E-state index contributed by atoms with van der Waals surface area (Å²) in [5.41, 5.74) is 6.30. The van der Waals surface area contributed by atoms with Gasteiger partial charge >= 0.3 is 6.18 Å². The van der Waals surface area contributed by atoms with Crippen LogP contribution in [-0.2, 0) is 33.9 Å². The molecule has 3 N–H and O–H groups in total. The first-order valence-corrected chi connectivity index (χ1v) is 12.7. The Balaban J connectivity index is 1.62.